The number of hydrogen-bond donors (Lipinski definition) is 1. The molecule has 0 atom stereocenters. The number of carboxylic acids is 1. The zero-order valence-electron chi connectivity index (χ0n) is 9.10. The number of ether oxygens (including phenoxy) is 1. The molecule has 0 radical (unpaired) electrons. The first-order valence-electron chi connectivity index (χ1n) is 4.96. The van der Waals surface area contributed by atoms with Crippen LogP contribution in [0.1, 0.15) is 17.3 Å². The zero-order chi connectivity index (χ0) is 11.7. The summed E-state index contributed by atoms with van der Waals surface area (Å²) in [5, 5.41) is 8.88. The van der Waals surface area contributed by atoms with Crippen LogP contribution in [-0.4, -0.2) is 27.2 Å². The van der Waals surface area contributed by atoms with Crippen LogP contribution in [-0.2, 0) is 7.05 Å². The van der Waals surface area contributed by atoms with Gasteiger partial charge in [0.05, 0.1) is 23.2 Å². The van der Waals surface area contributed by atoms with Gasteiger partial charge in [0, 0.05) is 7.05 Å². The highest BCUT2D eigenvalue weighted by Gasteiger charge is 2.11. The molecule has 1 aromatic heterocycles. The number of carbonyl (C=O) groups is 1. The zero-order valence-corrected chi connectivity index (χ0v) is 9.10. The largest absolute Gasteiger partial charge is 0.478 e. The van der Waals surface area contributed by atoms with Gasteiger partial charge in [-0.25, -0.2) is 4.79 Å². The van der Waals surface area contributed by atoms with Crippen LogP contribution >= 0.6 is 0 Å². The minimum Gasteiger partial charge on any atom is -0.478 e. The van der Waals surface area contributed by atoms with E-state index in [0.29, 0.717) is 12.6 Å². The Morgan fingerprint density at radius 3 is 2.94 bits per heavy atom. The molecule has 1 N–H and O–H groups in total. The highest BCUT2D eigenvalue weighted by atomic mass is 16.5. The van der Waals surface area contributed by atoms with E-state index in [1.807, 2.05) is 6.92 Å². The van der Waals surface area contributed by atoms with Crippen LogP contribution in [0.3, 0.4) is 0 Å². The van der Waals surface area contributed by atoms with Crippen LogP contribution in [0.4, 0.5) is 0 Å². The van der Waals surface area contributed by atoms with Gasteiger partial charge in [0.25, 0.3) is 6.01 Å². The van der Waals surface area contributed by atoms with Gasteiger partial charge in [-0.3, -0.25) is 4.57 Å². The molecule has 2 rings (SSSR count). The lowest BCUT2D eigenvalue weighted by Crippen LogP contribution is -1.99. The van der Waals surface area contributed by atoms with E-state index in [-0.39, 0.29) is 5.56 Å². The summed E-state index contributed by atoms with van der Waals surface area (Å²) in [5.74, 6) is -0.943. The first-order valence-corrected chi connectivity index (χ1v) is 4.96. The molecule has 0 bridgehead atoms. The van der Waals surface area contributed by atoms with Crippen LogP contribution in [0.5, 0.6) is 6.01 Å². The van der Waals surface area contributed by atoms with Gasteiger partial charge in [0.2, 0.25) is 0 Å². The lowest BCUT2D eigenvalue weighted by molar-refractivity contribution is 0.0697. The molecule has 0 unspecified atom stereocenters. The summed E-state index contributed by atoms with van der Waals surface area (Å²) >= 11 is 0. The second-order valence-corrected chi connectivity index (χ2v) is 3.40. The standard InChI is InChI=1S/C11H12N2O3/c1-3-16-11-12-8-5-4-7(10(14)15)6-9(8)13(11)2/h4-6H,3H2,1-2H3,(H,14,15). The number of rotatable bonds is 3. The molecule has 0 saturated heterocycles. The molecule has 0 spiro atoms. The van der Waals surface area contributed by atoms with Crippen molar-refractivity contribution in [2.24, 2.45) is 7.05 Å². The van der Waals surface area contributed by atoms with Gasteiger partial charge < -0.3 is 9.84 Å². The fourth-order valence-electron chi connectivity index (χ4n) is 1.56. The van der Waals surface area contributed by atoms with E-state index in [1.165, 1.54) is 6.07 Å². The molecule has 0 aliphatic heterocycles. The van der Waals surface area contributed by atoms with Crippen molar-refractivity contribution in [2.45, 2.75) is 6.92 Å². The molecular formula is C11H12N2O3. The summed E-state index contributed by atoms with van der Waals surface area (Å²) in [6, 6.07) is 5.31. The summed E-state index contributed by atoms with van der Waals surface area (Å²) < 4.78 is 7.07. The Hall–Kier alpha value is -2.04. The Bertz CT molecular complexity index is 545. The van der Waals surface area contributed by atoms with E-state index in [9.17, 15) is 4.79 Å². The number of aryl methyl sites for hydroxylation is 1. The monoisotopic (exact) mass is 220 g/mol. The molecule has 0 aliphatic rings. The van der Waals surface area contributed by atoms with Crippen molar-refractivity contribution in [2.75, 3.05) is 6.61 Å². The van der Waals surface area contributed by atoms with Crippen LogP contribution in [0, 0.1) is 0 Å². The van der Waals surface area contributed by atoms with Crippen LogP contribution < -0.4 is 4.74 Å². The number of fused-ring (bicyclic) bond motifs is 1. The molecule has 2 aromatic rings. The van der Waals surface area contributed by atoms with Crippen molar-refractivity contribution in [1.82, 2.24) is 9.55 Å². The summed E-state index contributed by atoms with van der Waals surface area (Å²) in [7, 11) is 1.80. The maximum Gasteiger partial charge on any atom is 0.335 e. The Labute approximate surface area is 92.3 Å². The van der Waals surface area contributed by atoms with E-state index >= 15 is 0 Å². The van der Waals surface area contributed by atoms with Crippen molar-refractivity contribution in [3.63, 3.8) is 0 Å². The number of nitrogens with zero attached hydrogens (tertiary/aromatic N) is 2. The smallest absolute Gasteiger partial charge is 0.335 e. The lowest BCUT2D eigenvalue weighted by Gasteiger charge is -2.01. The summed E-state index contributed by atoms with van der Waals surface area (Å²) in [6.07, 6.45) is 0. The first-order chi connectivity index (χ1) is 7.63. The maximum atomic E-state index is 10.8. The van der Waals surface area contributed by atoms with Crippen molar-refractivity contribution in [1.29, 1.82) is 0 Å². The van der Waals surface area contributed by atoms with E-state index in [4.69, 9.17) is 9.84 Å². The Balaban J connectivity index is 2.59. The fraction of sp³-hybridized carbons (Fsp3) is 0.273. The molecule has 5 nitrogen and oxygen atoms in total. The van der Waals surface area contributed by atoms with Crippen LogP contribution in [0.15, 0.2) is 18.2 Å². The van der Waals surface area contributed by atoms with Gasteiger partial charge >= 0.3 is 5.97 Å². The third-order valence-electron chi connectivity index (χ3n) is 2.36. The van der Waals surface area contributed by atoms with Gasteiger partial charge in [-0.2, -0.15) is 4.98 Å². The predicted octanol–water partition coefficient (Wildman–Crippen LogP) is 1.67. The second-order valence-electron chi connectivity index (χ2n) is 3.40. The molecular weight excluding hydrogens is 208 g/mol. The van der Waals surface area contributed by atoms with Crippen LogP contribution in [0.25, 0.3) is 11.0 Å². The minimum absolute atomic E-state index is 0.249. The summed E-state index contributed by atoms with van der Waals surface area (Å²) in [6.45, 7) is 2.41. The van der Waals surface area contributed by atoms with Gasteiger partial charge in [0.15, 0.2) is 0 Å². The molecule has 0 fully saturated rings. The van der Waals surface area contributed by atoms with E-state index in [1.54, 1.807) is 23.7 Å². The third kappa shape index (κ3) is 1.60. The van der Waals surface area contributed by atoms with Crippen molar-refractivity contribution < 1.29 is 14.6 Å². The highest BCUT2D eigenvalue weighted by molar-refractivity contribution is 5.92. The van der Waals surface area contributed by atoms with Gasteiger partial charge in [-0.05, 0) is 25.1 Å². The minimum atomic E-state index is -0.943. The average Bonchev–Trinajstić information content (AvgIpc) is 2.56. The molecule has 0 saturated carbocycles. The van der Waals surface area contributed by atoms with E-state index in [2.05, 4.69) is 4.98 Å². The van der Waals surface area contributed by atoms with Crippen molar-refractivity contribution >= 4 is 17.0 Å². The number of imidazole rings is 1. The Kier molecular flexibility index (Phi) is 2.52. The summed E-state index contributed by atoms with van der Waals surface area (Å²) in [4.78, 5) is 15.1. The SMILES string of the molecule is CCOc1nc2ccc(C(=O)O)cc2n1C. The maximum absolute atomic E-state index is 10.8. The molecule has 5 heteroatoms. The van der Waals surface area contributed by atoms with Gasteiger partial charge in [-0.1, -0.05) is 0 Å². The molecule has 0 aliphatic carbocycles. The van der Waals surface area contributed by atoms with E-state index in [0.717, 1.165) is 11.0 Å². The lowest BCUT2D eigenvalue weighted by atomic mass is 10.2. The quantitative estimate of drug-likeness (QED) is 0.854. The molecule has 0 amide bonds. The van der Waals surface area contributed by atoms with Crippen molar-refractivity contribution in [3.05, 3.63) is 23.8 Å². The Morgan fingerprint density at radius 2 is 2.31 bits per heavy atom. The molecule has 1 heterocycles. The number of hydrogen-bond acceptors (Lipinski definition) is 3. The van der Waals surface area contributed by atoms with Gasteiger partial charge in [0.1, 0.15) is 0 Å². The van der Waals surface area contributed by atoms with Gasteiger partial charge in [-0.15, -0.1) is 0 Å². The van der Waals surface area contributed by atoms with E-state index < -0.39 is 5.97 Å². The fourth-order valence-corrected chi connectivity index (χ4v) is 1.56. The Morgan fingerprint density at radius 1 is 1.56 bits per heavy atom. The normalized spacial score (nSPS) is 10.6. The predicted molar refractivity (Wildman–Crippen MR) is 58.8 cm³/mol. The molecule has 1 aromatic carbocycles. The highest BCUT2D eigenvalue weighted by Crippen LogP contribution is 2.21. The number of aromatic nitrogens is 2. The topological polar surface area (TPSA) is 64.3 Å². The molecule has 16 heavy (non-hydrogen) atoms. The van der Waals surface area contributed by atoms with Crippen LogP contribution in [0.2, 0.25) is 0 Å². The third-order valence-corrected chi connectivity index (χ3v) is 2.36. The molecule has 84 valence electrons. The number of benzene rings is 1. The van der Waals surface area contributed by atoms with Crippen molar-refractivity contribution in [3.8, 4) is 6.01 Å². The second kappa shape index (κ2) is 3.84. The number of aromatic carboxylic acids is 1. The number of carboxylic acid groups (broad SMARTS) is 1. The first kappa shape index (κ1) is 10.5. The summed E-state index contributed by atoms with van der Waals surface area (Å²) in [5.41, 5.74) is 1.73. The average molecular weight is 220 g/mol.